The third kappa shape index (κ3) is 6.29. The molecule has 2 aromatic rings. The molecule has 3 N–H and O–H groups in total. The Morgan fingerprint density at radius 3 is 2.87 bits per heavy atom. The Kier molecular flexibility index (Phi) is 7.84. The van der Waals surface area contributed by atoms with Crippen LogP contribution in [-0.2, 0) is 24.9 Å². The fourth-order valence-corrected chi connectivity index (χ4v) is 4.27. The highest BCUT2D eigenvalue weighted by Gasteiger charge is 2.28. The molecule has 30 heavy (non-hydrogen) atoms. The number of aryl methyl sites for hydroxylation is 1. The van der Waals surface area contributed by atoms with Gasteiger partial charge in [0, 0.05) is 29.9 Å². The van der Waals surface area contributed by atoms with Crippen molar-refractivity contribution in [2.24, 2.45) is 18.0 Å². The lowest BCUT2D eigenvalue weighted by Gasteiger charge is -2.30. The molecule has 1 aliphatic carbocycles. The number of aliphatic imine (C=N–C) groups is 1. The molecule has 1 amide bonds. The summed E-state index contributed by atoms with van der Waals surface area (Å²) in [4.78, 5) is 18.5. The van der Waals surface area contributed by atoms with Crippen LogP contribution >= 0.6 is 11.3 Å². The van der Waals surface area contributed by atoms with E-state index < -0.39 is 0 Å². The molecule has 3 rings (SSSR count). The highest BCUT2D eigenvalue weighted by molar-refractivity contribution is 7.09. The summed E-state index contributed by atoms with van der Waals surface area (Å²) in [5.41, 5.74) is 0. The lowest BCUT2D eigenvalue weighted by atomic mass is 9.85. The average molecular weight is 432 g/mol. The van der Waals surface area contributed by atoms with Gasteiger partial charge in [0.1, 0.15) is 12.4 Å². The number of aromatic nitrogens is 3. The first-order chi connectivity index (χ1) is 14.4. The second kappa shape index (κ2) is 10.6. The number of nitrogens with zero attached hydrogens (tertiary/aromatic N) is 4. The first-order valence-corrected chi connectivity index (χ1v) is 11.5. The maximum atomic E-state index is 12.5. The molecular formula is C21H33N7OS. The van der Waals surface area contributed by atoms with Gasteiger partial charge in [0.15, 0.2) is 11.8 Å². The van der Waals surface area contributed by atoms with Crippen LogP contribution in [0.4, 0.5) is 0 Å². The SMILES string of the molecule is Cc1nnc(CN=C(NCc2cccs2)NC2CCCC(C(=O)NC(C)C)C2)n1C. The van der Waals surface area contributed by atoms with Crippen molar-refractivity contribution >= 4 is 23.2 Å². The van der Waals surface area contributed by atoms with Crippen molar-refractivity contribution < 1.29 is 4.79 Å². The molecule has 1 aliphatic rings. The first-order valence-electron chi connectivity index (χ1n) is 10.6. The van der Waals surface area contributed by atoms with Gasteiger partial charge in [-0.3, -0.25) is 4.79 Å². The molecule has 9 heteroatoms. The van der Waals surface area contributed by atoms with E-state index in [9.17, 15) is 4.79 Å². The number of nitrogens with one attached hydrogen (secondary N) is 3. The lowest BCUT2D eigenvalue weighted by Crippen LogP contribution is -2.47. The Bertz CT molecular complexity index is 844. The summed E-state index contributed by atoms with van der Waals surface area (Å²) >= 11 is 1.72. The zero-order valence-electron chi connectivity index (χ0n) is 18.3. The number of carbonyl (C=O) groups excluding carboxylic acids is 1. The molecule has 8 nitrogen and oxygen atoms in total. The normalized spacial score (nSPS) is 19.7. The monoisotopic (exact) mass is 431 g/mol. The number of hydrogen-bond acceptors (Lipinski definition) is 5. The van der Waals surface area contributed by atoms with Gasteiger partial charge in [0.05, 0.1) is 6.54 Å². The van der Waals surface area contributed by atoms with Gasteiger partial charge in [0.25, 0.3) is 0 Å². The third-order valence-corrected chi connectivity index (χ3v) is 6.26. The lowest BCUT2D eigenvalue weighted by molar-refractivity contribution is -0.126. The number of carbonyl (C=O) groups is 1. The van der Waals surface area contributed by atoms with Crippen LogP contribution < -0.4 is 16.0 Å². The molecule has 0 aliphatic heterocycles. The average Bonchev–Trinajstić information content (AvgIpc) is 3.34. The first kappa shape index (κ1) is 22.3. The summed E-state index contributed by atoms with van der Waals surface area (Å²) in [5, 5.41) is 20.4. The minimum absolute atomic E-state index is 0.0542. The van der Waals surface area contributed by atoms with Gasteiger partial charge in [0.2, 0.25) is 5.91 Å². The van der Waals surface area contributed by atoms with Crippen molar-refractivity contribution in [1.29, 1.82) is 0 Å². The Morgan fingerprint density at radius 2 is 2.20 bits per heavy atom. The van der Waals surface area contributed by atoms with Crippen LogP contribution in [0.25, 0.3) is 0 Å². The van der Waals surface area contributed by atoms with Crippen molar-refractivity contribution in [1.82, 2.24) is 30.7 Å². The van der Waals surface area contributed by atoms with E-state index >= 15 is 0 Å². The van der Waals surface area contributed by atoms with Gasteiger partial charge in [-0.15, -0.1) is 21.5 Å². The van der Waals surface area contributed by atoms with Gasteiger partial charge in [-0.25, -0.2) is 4.99 Å². The molecule has 0 bridgehead atoms. The molecule has 0 spiro atoms. The standard InChI is InChI=1S/C21H33N7OS/c1-14(2)24-20(29)16-7-5-8-17(11-16)25-21(22-12-18-9-6-10-30-18)23-13-19-27-26-15(3)28(19)4/h6,9-10,14,16-17H,5,7-8,11-13H2,1-4H3,(H,24,29)(H2,22,23,25). The maximum absolute atomic E-state index is 12.5. The van der Waals surface area contributed by atoms with E-state index in [1.807, 2.05) is 38.5 Å². The fourth-order valence-electron chi connectivity index (χ4n) is 3.63. The Labute approximate surface area is 182 Å². The summed E-state index contributed by atoms with van der Waals surface area (Å²) in [6.07, 6.45) is 3.84. The summed E-state index contributed by atoms with van der Waals surface area (Å²) < 4.78 is 1.95. The number of thiophene rings is 1. The van der Waals surface area contributed by atoms with E-state index in [1.165, 1.54) is 4.88 Å². The van der Waals surface area contributed by atoms with Crippen LogP contribution in [0.3, 0.4) is 0 Å². The maximum Gasteiger partial charge on any atom is 0.223 e. The molecule has 0 aromatic carbocycles. The quantitative estimate of drug-likeness (QED) is 0.462. The van der Waals surface area contributed by atoms with Crippen LogP contribution in [0.2, 0.25) is 0 Å². The van der Waals surface area contributed by atoms with Gasteiger partial charge < -0.3 is 20.5 Å². The van der Waals surface area contributed by atoms with Crippen LogP contribution in [0, 0.1) is 12.8 Å². The minimum Gasteiger partial charge on any atom is -0.354 e. The van der Waals surface area contributed by atoms with E-state index in [0.717, 1.165) is 43.3 Å². The largest absolute Gasteiger partial charge is 0.354 e. The summed E-state index contributed by atoms with van der Waals surface area (Å²) in [7, 11) is 1.95. The van der Waals surface area contributed by atoms with Crippen LogP contribution in [-0.4, -0.2) is 38.7 Å². The zero-order chi connectivity index (χ0) is 21.5. The molecular weight excluding hydrogens is 398 g/mol. The van der Waals surface area contributed by atoms with E-state index in [2.05, 4.69) is 37.6 Å². The van der Waals surface area contributed by atoms with Crippen LogP contribution in [0.15, 0.2) is 22.5 Å². The zero-order valence-corrected chi connectivity index (χ0v) is 19.1. The van der Waals surface area contributed by atoms with Gasteiger partial charge in [-0.1, -0.05) is 12.5 Å². The topological polar surface area (TPSA) is 96.2 Å². The van der Waals surface area contributed by atoms with E-state index in [1.54, 1.807) is 11.3 Å². The third-order valence-electron chi connectivity index (χ3n) is 5.39. The number of rotatable bonds is 7. The fraction of sp³-hybridized carbons (Fsp3) is 0.619. The van der Waals surface area contributed by atoms with Gasteiger partial charge in [-0.2, -0.15) is 0 Å². The second-order valence-electron chi connectivity index (χ2n) is 8.19. The molecule has 2 atom stereocenters. The molecule has 164 valence electrons. The van der Waals surface area contributed by atoms with Crippen molar-refractivity contribution in [2.75, 3.05) is 0 Å². The van der Waals surface area contributed by atoms with Crippen LogP contribution in [0.5, 0.6) is 0 Å². The van der Waals surface area contributed by atoms with E-state index in [0.29, 0.717) is 13.1 Å². The summed E-state index contributed by atoms with van der Waals surface area (Å²) in [5.74, 6) is 2.66. The Balaban J connectivity index is 1.65. The van der Waals surface area contributed by atoms with Crippen molar-refractivity contribution in [3.63, 3.8) is 0 Å². The summed E-state index contributed by atoms with van der Waals surface area (Å²) in [6.45, 7) is 7.10. The van der Waals surface area contributed by atoms with Crippen LogP contribution in [0.1, 0.15) is 56.1 Å². The highest BCUT2D eigenvalue weighted by Crippen LogP contribution is 2.24. The number of amides is 1. The highest BCUT2D eigenvalue weighted by atomic mass is 32.1. The van der Waals surface area contributed by atoms with Gasteiger partial charge >= 0.3 is 0 Å². The number of hydrogen-bond donors (Lipinski definition) is 3. The Hall–Kier alpha value is -2.42. The molecule has 1 fully saturated rings. The van der Waals surface area contributed by atoms with Crippen molar-refractivity contribution in [3.8, 4) is 0 Å². The molecule has 2 heterocycles. The molecule has 2 aromatic heterocycles. The predicted molar refractivity (Wildman–Crippen MR) is 120 cm³/mol. The van der Waals surface area contributed by atoms with Crippen molar-refractivity contribution in [2.45, 2.75) is 71.6 Å². The van der Waals surface area contributed by atoms with Gasteiger partial charge in [-0.05, 0) is 51.5 Å². The number of guanidine groups is 1. The summed E-state index contributed by atoms with van der Waals surface area (Å²) in [6, 6.07) is 4.55. The predicted octanol–water partition coefficient (Wildman–Crippen LogP) is 2.50. The molecule has 1 saturated carbocycles. The minimum atomic E-state index is 0.0542. The molecule has 0 radical (unpaired) electrons. The smallest absolute Gasteiger partial charge is 0.223 e. The van der Waals surface area contributed by atoms with E-state index in [-0.39, 0.29) is 23.9 Å². The Morgan fingerprint density at radius 1 is 1.37 bits per heavy atom. The van der Waals surface area contributed by atoms with E-state index in [4.69, 9.17) is 4.99 Å². The molecule has 2 unspecified atom stereocenters. The molecule has 0 saturated heterocycles. The second-order valence-corrected chi connectivity index (χ2v) is 9.22. The van der Waals surface area contributed by atoms with Crippen molar-refractivity contribution in [3.05, 3.63) is 34.0 Å².